The predicted molar refractivity (Wildman–Crippen MR) is 95.5 cm³/mol. The lowest BCUT2D eigenvalue weighted by atomic mass is 10.2. The molecule has 0 saturated carbocycles. The second-order valence-electron chi connectivity index (χ2n) is 6.78. The van der Waals surface area contributed by atoms with Crippen molar-refractivity contribution in [2.45, 2.75) is 32.3 Å². The van der Waals surface area contributed by atoms with Crippen molar-refractivity contribution < 1.29 is 23.5 Å². The van der Waals surface area contributed by atoms with Gasteiger partial charge in [0.15, 0.2) is 11.8 Å². The molecule has 1 aliphatic heterocycles. The van der Waals surface area contributed by atoms with Crippen LogP contribution in [0.25, 0.3) is 5.69 Å². The third kappa shape index (κ3) is 3.12. The van der Waals surface area contributed by atoms with Crippen molar-refractivity contribution in [1.29, 1.82) is 0 Å². The Hall–Kier alpha value is -3.23. The van der Waals surface area contributed by atoms with Gasteiger partial charge in [-0.3, -0.25) is 9.69 Å². The molecule has 2 aliphatic rings. The summed E-state index contributed by atoms with van der Waals surface area (Å²) in [5.74, 6) is -1.64. The van der Waals surface area contributed by atoms with Gasteiger partial charge < -0.3 is 10.1 Å². The normalized spacial score (nSPS) is 16.6. The first-order valence-corrected chi connectivity index (χ1v) is 9.12. The number of carbonyl (C=O) groups is 3. The number of amides is 3. The number of benzene rings is 1. The summed E-state index contributed by atoms with van der Waals surface area (Å²) < 4.78 is 20.1. The van der Waals surface area contributed by atoms with Gasteiger partial charge in [0.05, 0.1) is 5.69 Å². The van der Waals surface area contributed by atoms with E-state index >= 15 is 0 Å². The molecule has 0 bridgehead atoms. The van der Waals surface area contributed by atoms with Gasteiger partial charge in [0.1, 0.15) is 5.82 Å². The van der Waals surface area contributed by atoms with E-state index in [2.05, 4.69) is 10.4 Å². The first-order valence-electron chi connectivity index (χ1n) is 9.12. The molecule has 1 atom stereocenters. The van der Waals surface area contributed by atoms with Gasteiger partial charge in [-0.25, -0.2) is 18.7 Å². The Kier molecular flexibility index (Phi) is 4.58. The van der Waals surface area contributed by atoms with Crippen molar-refractivity contribution in [2.75, 3.05) is 13.1 Å². The van der Waals surface area contributed by atoms with Crippen LogP contribution in [-0.2, 0) is 22.4 Å². The maximum atomic E-state index is 13.2. The van der Waals surface area contributed by atoms with E-state index in [1.54, 1.807) is 16.8 Å². The van der Waals surface area contributed by atoms with Crippen molar-refractivity contribution in [1.82, 2.24) is 20.0 Å². The fraction of sp³-hybridized carbons (Fsp3) is 0.368. The molecular weight excluding hydrogens is 367 g/mol. The summed E-state index contributed by atoms with van der Waals surface area (Å²) in [6.45, 7) is 2.05. The van der Waals surface area contributed by atoms with Crippen LogP contribution >= 0.6 is 0 Å². The van der Waals surface area contributed by atoms with Gasteiger partial charge in [-0.15, -0.1) is 0 Å². The summed E-state index contributed by atoms with van der Waals surface area (Å²) in [5, 5.41) is 6.91. The lowest BCUT2D eigenvalue weighted by Gasteiger charge is -2.17. The Morgan fingerprint density at radius 3 is 2.68 bits per heavy atom. The number of rotatable bonds is 4. The standard InChI is InChI=1S/C19H19FN4O4/c1-11(17(25)23-10-9-21-19(23)27)28-18(26)16-14-3-2-4-15(14)24(22-16)13-7-5-12(20)6-8-13/h5-8,11H,2-4,9-10H2,1H3,(H,21,27). The van der Waals surface area contributed by atoms with E-state index in [0.717, 1.165) is 29.0 Å². The van der Waals surface area contributed by atoms with Crippen molar-refractivity contribution in [3.63, 3.8) is 0 Å². The molecule has 1 aliphatic carbocycles. The maximum Gasteiger partial charge on any atom is 0.359 e. The highest BCUT2D eigenvalue weighted by Crippen LogP contribution is 2.28. The highest BCUT2D eigenvalue weighted by atomic mass is 19.1. The molecule has 1 unspecified atom stereocenters. The molecule has 1 fully saturated rings. The number of halogens is 1. The van der Waals surface area contributed by atoms with Crippen LogP contribution in [0.1, 0.15) is 35.1 Å². The first kappa shape index (κ1) is 18.1. The molecule has 0 radical (unpaired) electrons. The van der Waals surface area contributed by atoms with E-state index in [9.17, 15) is 18.8 Å². The Morgan fingerprint density at radius 1 is 1.25 bits per heavy atom. The molecule has 2 aromatic rings. The van der Waals surface area contributed by atoms with Crippen molar-refractivity contribution >= 4 is 17.9 Å². The third-order valence-corrected chi connectivity index (χ3v) is 4.95. The van der Waals surface area contributed by atoms with Gasteiger partial charge in [-0.2, -0.15) is 5.10 Å². The minimum absolute atomic E-state index is 0.155. The molecule has 1 aromatic heterocycles. The predicted octanol–water partition coefficient (Wildman–Crippen LogP) is 1.60. The number of fused-ring (bicyclic) bond motifs is 1. The quantitative estimate of drug-likeness (QED) is 0.806. The van der Waals surface area contributed by atoms with E-state index < -0.39 is 24.0 Å². The molecule has 146 valence electrons. The number of hydrogen-bond donors (Lipinski definition) is 1. The van der Waals surface area contributed by atoms with Crippen LogP contribution in [0.5, 0.6) is 0 Å². The topological polar surface area (TPSA) is 93.5 Å². The van der Waals surface area contributed by atoms with Gasteiger partial charge in [0.2, 0.25) is 0 Å². The van der Waals surface area contributed by atoms with Crippen LogP contribution in [0.2, 0.25) is 0 Å². The SMILES string of the molecule is CC(OC(=O)c1nn(-c2ccc(F)cc2)c2c1CCC2)C(=O)N1CCNC1=O. The first-order chi connectivity index (χ1) is 13.5. The zero-order valence-electron chi connectivity index (χ0n) is 15.3. The van der Waals surface area contributed by atoms with Gasteiger partial charge in [-0.05, 0) is 50.5 Å². The number of nitrogens with one attached hydrogen (secondary N) is 1. The summed E-state index contributed by atoms with van der Waals surface area (Å²) >= 11 is 0. The monoisotopic (exact) mass is 386 g/mol. The van der Waals surface area contributed by atoms with Crippen molar-refractivity contribution in [3.8, 4) is 5.69 Å². The second kappa shape index (κ2) is 7.06. The second-order valence-corrected chi connectivity index (χ2v) is 6.78. The summed E-state index contributed by atoms with van der Waals surface area (Å²) in [7, 11) is 0. The van der Waals surface area contributed by atoms with E-state index in [1.165, 1.54) is 19.1 Å². The fourth-order valence-corrected chi connectivity index (χ4v) is 3.57. The number of esters is 1. The zero-order valence-corrected chi connectivity index (χ0v) is 15.3. The van der Waals surface area contributed by atoms with E-state index in [-0.39, 0.29) is 18.1 Å². The third-order valence-electron chi connectivity index (χ3n) is 4.95. The minimum Gasteiger partial charge on any atom is -0.448 e. The number of imide groups is 1. The van der Waals surface area contributed by atoms with Gasteiger partial charge in [0, 0.05) is 24.3 Å². The molecule has 2 heterocycles. The lowest BCUT2D eigenvalue weighted by molar-refractivity contribution is -0.136. The van der Waals surface area contributed by atoms with Crippen molar-refractivity contribution in [2.24, 2.45) is 0 Å². The van der Waals surface area contributed by atoms with Crippen LogP contribution in [0.3, 0.4) is 0 Å². The van der Waals surface area contributed by atoms with Gasteiger partial charge >= 0.3 is 12.0 Å². The maximum absolute atomic E-state index is 13.2. The Balaban J connectivity index is 1.56. The molecule has 4 rings (SSSR count). The number of carbonyl (C=O) groups excluding carboxylic acids is 3. The average molecular weight is 386 g/mol. The number of hydrogen-bond acceptors (Lipinski definition) is 5. The fourth-order valence-electron chi connectivity index (χ4n) is 3.57. The number of nitrogens with zero attached hydrogens (tertiary/aromatic N) is 3. The van der Waals surface area contributed by atoms with E-state index in [1.807, 2.05) is 0 Å². The van der Waals surface area contributed by atoms with E-state index in [0.29, 0.717) is 18.7 Å². The highest BCUT2D eigenvalue weighted by Gasteiger charge is 2.34. The number of aromatic nitrogens is 2. The summed E-state index contributed by atoms with van der Waals surface area (Å²) in [6.07, 6.45) is 1.19. The van der Waals surface area contributed by atoms with Crippen LogP contribution in [0.4, 0.5) is 9.18 Å². The van der Waals surface area contributed by atoms with Crippen molar-refractivity contribution in [3.05, 3.63) is 47.0 Å². The Morgan fingerprint density at radius 2 is 2.00 bits per heavy atom. The average Bonchev–Trinajstić information content (AvgIpc) is 3.38. The van der Waals surface area contributed by atoms with Crippen LogP contribution < -0.4 is 5.32 Å². The van der Waals surface area contributed by atoms with Crippen LogP contribution in [-0.4, -0.2) is 51.8 Å². The molecule has 9 heteroatoms. The molecule has 1 N–H and O–H groups in total. The molecule has 28 heavy (non-hydrogen) atoms. The Bertz CT molecular complexity index is 954. The number of urea groups is 1. The highest BCUT2D eigenvalue weighted by molar-refractivity contribution is 5.99. The lowest BCUT2D eigenvalue weighted by Crippen LogP contribution is -2.41. The molecule has 1 aromatic carbocycles. The smallest absolute Gasteiger partial charge is 0.359 e. The summed E-state index contributed by atoms with van der Waals surface area (Å²) in [5.41, 5.74) is 2.48. The molecule has 8 nitrogen and oxygen atoms in total. The number of ether oxygens (including phenoxy) is 1. The van der Waals surface area contributed by atoms with Gasteiger partial charge in [0.25, 0.3) is 5.91 Å². The largest absolute Gasteiger partial charge is 0.448 e. The van der Waals surface area contributed by atoms with Crippen LogP contribution in [0.15, 0.2) is 24.3 Å². The summed E-state index contributed by atoms with van der Waals surface area (Å²) in [6, 6.07) is 5.35. The molecule has 0 spiro atoms. The Labute approximate surface area is 160 Å². The molecule has 1 saturated heterocycles. The molecule has 3 amide bonds. The van der Waals surface area contributed by atoms with Crippen LogP contribution in [0, 0.1) is 5.82 Å². The summed E-state index contributed by atoms with van der Waals surface area (Å²) in [4.78, 5) is 37.7. The van der Waals surface area contributed by atoms with E-state index in [4.69, 9.17) is 4.74 Å². The van der Waals surface area contributed by atoms with Gasteiger partial charge in [-0.1, -0.05) is 0 Å². The zero-order chi connectivity index (χ0) is 19.8. The minimum atomic E-state index is -1.11. The molecular formula is C19H19FN4O4.